The van der Waals surface area contributed by atoms with Gasteiger partial charge in [-0.2, -0.15) is 0 Å². The molecule has 0 radical (unpaired) electrons. The van der Waals surface area contributed by atoms with Gasteiger partial charge in [-0.15, -0.1) is 0 Å². The minimum Gasteiger partial charge on any atom is -0.452 e. The second-order valence-electron chi connectivity index (χ2n) is 5.00. The molecule has 1 aliphatic heterocycles. The van der Waals surface area contributed by atoms with Crippen molar-refractivity contribution in [1.82, 2.24) is 5.32 Å². The van der Waals surface area contributed by atoms with E-state index in [0.29, 0.717) is 0 Å². The lowest BCUT2D eigenvalue weighted by atomic mass is 10.0. The highest BCUT2D eigenvalue weighted by Gasteiger charge is 2.15. The molecule has 1 aromatic heterocycles. The molecule has 2 aromatic carbocycles. The molecule has 0 unspecified atom stereocenters. The van der Waals surface area contributed by atoms with Crippen molar-refractivity contribution in [3.05, 3.63) is 60.1 Å². The number of benzene rings is 2. The van der Waals surface area contributed by atoms with Crippen LogP contribution < -0.4 is 5.32 Å². The lowest BCUT2D eigenvalue weighted by molar-refractivity contribution is 0.602. The first kappa shape index (κ1) is 12.1. The van der Waals surface area contributed by atoms with E-state index in [2.05, 4.69) is 10.3 Å². The first-order chi connectivity index (χ1) is 10.3. The Kier molecular flexibility index (Phi) is 2.74. The maximum Gasteiger partial charge on any atom is 0.170 e. The summed E-state index contributed by atoms with van der Waals surface area (Å²) in [6.07, 6.45) is 0. The number of furan rings is 1. The van der Waals surface area contributed by atoms with Crippen molar-refractivity contribution in [1.29, 1.82) is 0 Å². The molecule has 1 N–H and O–H groups in total. The Hall–Kier alpha value is -2.62. The van der Waals surface area contributed by atoms with Gasteiger partial charge in [0.15, 0.2) is 11.6 Å². The number of para-hydroxylation sites is 1. The average molecular weight is 280 g/mol. The number of nitrogens with zero attached hydrogens (tertiary/aromatic N) is 1. The minimum absolute atomic E-state index is 0.240. The zero-order valence-electron chi connectivity index (χ0n) is 11.3. The summed E-state index contributed by atoms with van der Waals surface area (Å²) in [7, 11) is 0. The molecule has 4 rings (SSSR count). The summed E-state index contributed by atoms with van der Waals surface area (Å²) in [4.78, 5) is 4.38. The van der Waals surface area contributed by atoms with Crippen LogP contribution >= 0.6 is 0 Å². The SMILES string of the molecule is Fc1ccc(-c2cccc3cc(C4=NCCN4)oc23)cc1. The molecule has 0 aliphatic carbocycles. The lowest BCUT2D eigenvalue weighted by Crippen LogP contribution is -2.18. The average Bonchev–Trinajstić information content (AvgIpc) is 3.16. The van der Waals surface area contributed by atoms with Gasteiger partial charge < -0.3 is 9.73 Å². The second-order valence-corrected chi connectivity index (χ2v) is 5.00. The van der Waals surface area contributed by atoms with Crippen molar-refractivity contribution in [3.63, 3.8) is 0 Å². The van der Waals surface area contributed by atoms with Gasteiger partial charge >= 0.3 is 0 Å². The van der Waals surface area contributed by atoms with E-state index in [1.807, 2.05) is 24.3 Å². The number of fused-ring (bicyclic) bond motifs is 1. The summed E-state index contributed by atoms with van der Waals surface area (Å²) in [5.41, 5.74) is 2.69. The van der Waals surface area contributed by atoms with Crippen LogP contribution in [0.1, 0.15) is 5.76 Å². The summed E-state index contributed by atoms with van der Waals surface area (Å²) >= 11 is 0. The van der Waals surface area contributed by atoms with E-state index in [1.165, 1.54) is 12.1 Å². The van der Waals surface area contributed by atoms with E-state index in [1.54, 1.807) is 12.1 Å². The number of rotatable bonds is 2. The van der Waals surface area contributed by atoms with Gasteiger partial charge in [-0.25, -0.2) is 4.39 Å². The molecule has 104 valence electrons. The molecule has 0 atom stereocenters. The molecule has 21 heavy (non-hydrogen) atoms. The molecular formula is C17H13FN2O. The lowest BCUT2D eigenvalue weighted by Gasteiger charge is -2.02. The van der Waals surface area contributed by atoms with Crippen molar-refractivity contribution in [2.75, 3.05) is 13.1 Å². The van der Waals surface area contributed by atoms with Crippen LogP contribution in [0.4, 0.5) is 4.39 Å². The van der Waals surface area contributed by atoms with E-state index in [0.717, 1.165) is 46.8 Å². The van der Waals surface area contributed by atoms with Gasteiger partial charge in [0.1, 0.15) is 11.4 Å². The van der Waals surface area contributed by atoms with Gasteiger partial charge in [0.25, 0.3) is 0 Å². The molecule has 4 heteroatoms. The molecule has 3 nitrogen and oxygen atoms in total. The fraction of sp³-hybridized carbons (Fsp3) is 0.118. The highest BCUT2D eigenvalue weighted by Crippen LogP contribution is 2.31. The first-order valence-electron chi connectivity index (χ1n) is 6.88. The summed E-state index contributed by atoms with van der Waals surface area (Å²) < 4.78 is 19.1. The molecule has 1 aliphatic rings. The topological polar surface area (TPSA) is 37.5 Å². The molecule has 0 bridgehead atoms. The molecule has 0 saturated heterocycles. The quantitative estimate of drug-likeness (QED) is 0.779. The monoisotopic (exact) mass is 280 g/mol. The number of aliphatic imine (C=N–C) groups is 1. The zero-order chi connectivity index (χ0) is 14.2. The number of hydrogen-bond acceptors (Lipinski definition) is 3. The van der Waals surface area contributed by atoms with Crippen LogP contribution in [0.3, 0.4) is 0 Å². The summed E-state index contributed by atoms with van der Waals surface area (Å²) in [5.74, 6) is 1.31. The normalized spacial score (nSPS) is 14.2. The Balaban J connectivity index is 1.87. The van der Waals surface area contributed by atoms with Crippen molar-refractivity contribution in [2.24, 2.45) is 4.99 Å². The summed E-state index contributed by atoms with van der Waals surface area (Å²) in [6, 6.07) is 14.4. The molecule has 2 heterocycles. The second kappa shape index (κ2) is 4.74. The van der Waals surface area contributed by atoms with Gasteiger partial charge in [0.05, 0.1) is 6.54 Å². The zero-order valence-corrected chi connectivity index (χ0v) is 11.3. The fourth-order valence-electron chi connectivity index (χ4n) is 2.60. The Morgan fingerprint density at radius 3 is 2.71 bits per heavy atom. The number of halogens is 1. The van der Waals surface area contributed by atoms with Crippen LogP contribution in [0.15, 0.2) is 57.9 Å². The predicted octanol–water partition coefficient (Wildman–Crippen LogP) is 3.59. The smallest absolute Gasteiger partial charge is 0.170 e. The first-order valence-corrected chi connectivity index (χ1v) is 6.88. The van der Waals surface area contributed by atoms with E-state index in [-0.39, 0.29) is 5.82 Å². The van der Waals surface area contributed by atoms with Crippen LogP contribution in [0.5, 0.6) is 0 Å². The Morgan fingerprint density at radius 1 is 1.10 bits per heavy atom. The third kappa shape index (κ3) is 2.09. The summed E-state index contributed by atoms with van der Waals surface area (Å²) in [6.45, 7) is 1.62. The Morgan fingerprint density at radius 2 is 1.95 bits per heavy atom. The van der Waals surface area contributed by atoms with Crippen LogP contribution in [0, 0.1) is 5.82 Å². The van der Waals surface area contributed by atoms with E-state index in [4.69, 9.17) is 4.42 Å². The van der Waals surface area contributed by atoms with Crippen LogP contribution in [-0.4, -0.2) is 18.9 Å². The molecule has 0 spiro atoms. The third-order valence-corrected chi connectivity index (χ3v) is 3.61. The van der Waals surface area contributed by atoms with Crippen molar-refractivity contribution in [3.8, 4) is 11.1 Å². The van der Waals surface area contributed by atoms with Gasteiger partial charge in [-0.3, -0.25) is 4.99 Å². The van der Waals surface area contributed by atoms with Gasteiger partial charge in [-0.1, -0.05) is 30.3 Å². The number of hydrogen-bond donors (Lipinski definition) is 1. The fourth-order valence-corrected chi connectivity index (χ4v) is 2.60. The third-order valence-electron chi connectivity index (χ3n) is 3.61. The van der Waals surface area contributed by atoms with Gasteiger partial charge in [0.2, 0.25) is 0 Å². The van der Waals surface area contributed by atoms with Crippen LogP contribution in [-0.2, 0) is 0 Å². The van der Waals surface area contributed by atoms with Crippen molar-refractivity contribution < 1.29 is 8.81 Å². The van der Waals surface area contributed by atoms with Crippen molar-refractivity contribution in [2.45, 2.75) is 0 Å². The van der Waals surface area contributed by atoms with Crippen molar-refractivity contribution >= 4 is 16.8 Å². The Labute approximate surface area is 121 Å². The Bertz CT molecular complexity index is 834. The standard InChI is InChI=1S/C17H13FN2O/c18-13-6-4-11(5-7-13)14-3-1-2-12-10-15(21-16(12)14)17-19-8-9-20-17/h1-7,10H,8-9H2,(H,19,20). The minimum atomic E-state index is -0.240. The van der Waals surface area contributed by atoms with Crippen LogP contribution in [0.25, 0.3) is 22.1 Å². The van der Waals surface area contributed by atoms with E-state index < -0.39 is 0 Å². The molecule has 3 aromatic rings. The molecule has 0 amide bonds. The van der Waals surface area contributed by atoms with E-state index >= 15 is 0 Å². The molecular weight excluding hydrogens is 267 g/mol. The number of nitrogens with one attached hydrogen (secondary N) is 1. The molecule has 0 fully saturated rings. The summed E-state index contributed by atoms with van der Waals surface area (Å²) in [5, 5.41) is 4.22. The highest BCUT2D eigenvalue weighted by molar-refractivity contribution is 6.03. The van der Waals surface area contributed by atoms with Crippen LogP contribution in [0.2, 0.25) is 0 Å². The molecule has 0 saturated carbocycles. The van der Waals surface area contributed by atoms with E-state index in [9.17, 15) is 4.39 Å². The predicted molar refractivity (Wildman–Crippen MR) is 81.0 cm³/mol. The number of amidine groups is 1. The van der Waals surface area contributed by atoms with Gasteiger partial charge in [-0.05, 0) is 23.8 Å². The highest BCUT2D eigenvalue weighted by atomic mass is 19.1. The maximum absolute atomic E-state index is 13.1. The largest absolute Gasteiger partial charge is 0.452 e. The maximum atomic E-state index is 13.1. The van der Waals surface area contributed by atoms with Gasteiger partial charge in [0, 0.05) is 17.5 Å².